The Labute approximate surface area is 132 Å². The third kappa shape index (κ3) is 2.91. The van der Waals surface area contributed by atoms with Gasteiger partial charge >= 0.3 is 5.63 Å². The molecule has 0 bridgehead atoms. The molecule has 1 N–H and O–H groups in total. The maximum absolute atomic E-state index is 12.1. The molecule has 0 unspecified atom stereocenters. The van der Waals surface area contributed by atoms with Gasteiger partial charge in [-0.05, 0) is 39.5 Å². The summed E-state index contributed by atoms with van der Waals surface area (Å²) < 4.78 is 6.09. The summed E-state index contributed by atoms with van der Waals surface area (Å²) in [5, 5.41) is 5.38. The highest BCUT2D eigenvalue weighted by Crippen LogP contribution is 2.22. The number of hydrogen-bond acceptors (Lipinski definition) is 4. The first-order valence-electron chi connectivity index (χ1n) is 6.18. The van der Waals surface area contributed by atoms with E-state index in [1.165, 1.54) is 11.3 Å². The van der Waals surface area contributed by atoms with Crippen molar-refractivity contribution in [3.8, 4) is 0 Å². The van der Waals surface area contributed by atoms with Crippen LogP contribution in [0.1, 0.15) is 15.2 Å². The normalized spacial score (nSPS) is 10.7. The number of carbonyl (C=O) groups excluding carboxylic acids is 1. The molecule has 0 aliphatic rings. The van der Waals surface area contributed by atoms with Crippen LogP contribution in [0.25, 0.3) is 11.0 Å². The number of halogens is 1. The lowest BCUT2D eigenvalue weighted by atomic mass is 10.2. The molecule has 106 valence electrons. The van der Waals surface area contributed by atoms with Gasteiger partial charge in [0.1, 0.15) is 11.1 Å². The topological polar surface area (TPSA) is 59.3 Å². The van der Waals surface area contributed by atoms with E-state index >= 15 is 0 Å². The van der Waals surface area contributed by atoms with Crippen LogP contribution >= 0.6 is 27.3 Å². The van der Waals surface area contributed by atoms with E-state index in [1.54, 1.807) is 24.3 Å². The first kappa shape index (κ1) is 14.0. The molecule has 2 heterocycles. The van der Waals surface area contributed by atoms with Gasteiger partial charge in [-0.25, -0.2) is 4.79 Å². The van der Waals surface area contributed by atoms with Crippen LogP contribution in [0, 0.1) is 0 Å². The van der Waals surface area contributed by atoms with Crippen molar-refractivity contribution in [1.82, 2.24) is 5.32 Å². The van der Waals surface area contributed by atoms with Crippen LogP contribution in [-0.4, -0.2) is 5.91 Å². The van der Waals surface area contributed by atoms with Crippen molar-refractivity contribution in [3.05, 3.63) is 67.1 Å². The zero-order chi connectivity index (χ0) is 14.8. The first-order valence-corrected chi connectivity index (χ1v) is 7.85. The van der Waals surface area contributed by atoms with E-state index in [1.807, 2.05) is 17.5 Å². The first-order chi connectivity index (χ1) is 10.1. The predicted octanol–water partition coefficient (Wildman–Crippen LogP) is 3.55. The number of benzene rings is 1. The lowest BCUT2D eigenvalue weighted by Gasteiger charge is -2.04. The fourth-order valence-corrected chi connectivity index (χ4v) is 3.36. The van der Waals surface area contributed by atoms with Crippen molar-refractivity contribution in [3.63, 3.8) is 0 Å². The number of para-hydroxylation sites is 1. The van der Waals surface area contributed by atoms with Crippen molar-refractivity contribution >= 4 is 44.1 Å². The molecule has 21 heavy (non-hydrogen) atoms. The van der Waals surface area contributed by atoms with Crippen molar-refractivity contribution in [2.24, 2.45) is 0 Å². The minimum Gasteiger partial charge on any atom is -0.422 e. The molecule has 1 amide bonds. The zero-order valence-electron chi connectivity index (χ0n) is 10.8. The average Bonchev–Trinajstić information content (AvgIpc) is 2.89. The summed E-state index contributed by atoms with van der Waals surface area (Å²) in [5.74, 6) is -0.435. The van der Waals surface area contributed by atoms with Crippen molar-refractivity contribution in [1.29, 1.82) is 0 Å². The van der Waals surface area contributed by atoms with Crippen molar-refractivity contribution < 1.29 is 9.21 Å². The fraction of sp³-hybridized carbons (Fsp3) is 0.0667. The zero-order valence-corrected chi connectivity index (χ0v) is 13.2. The largest absolute Gasteiger partial charge is 0.422 e. The molecule has 0 fully saturated rings. The van der Waals surface area contributed by atoms with Gasteiger partial charge in [-0.2, -0.15) is 0 Å². The summed E-state index contributed by atoms with van der Waals surface area (Å²) in [7, 11) is 0. The van der Waals surface area contributed by atoms with Crippen LogP contribution in [-0.2, 0) is 6.54 Å². The summed E-state index contributed by atoms with van der Waals surface area (Å²) in [6, 6.07) is 10.6. The second kappa shape index (κ2) is 5.83. The van der Waals surface area contributed by atoms with Gasteiger partial charge in [0.15, 0.2) is 0 Å². The summed E-state index contributed by atoms with van der Waals surface area (Å²) in [4.78, 5) is 25.0. The van der Waals surface area contributed by atoms with Crippen molar-refractivity contribution in [2.45, 2.75) is 6.54 Å². The molecule has 4 nitrogen and oxygen atoms in total. The summed E-state index contributed by atoms with van der Waals surface area (Å²) >= 11 is 4.93. The highest BCUT2D eigenvalue weighted by atomic mass is 79.9. The Morgan fingerprint density at radius 1 is 1.29 bits per heavy atom. The molecule has 2 aromatic heterocycles. The minimum absolute atomic E-state index is 0.0152. The number of amides is 1. The van der Waals surface area contributed by atoms with Gasteiger partial charge in [0.25, 0.3) is 5.91 Å². The molecule has 0 spiro atoms. The second-order valence-corrected chi connectivity index (χ2v) is 6.21. The molecule has 0 aliphatic heterocycles. The van der Waals surface area contributed by atoms with E-state index in [0.29, 0.717) is 12.1 Å². The number of thiophene rings is 1. The Hall–Kier alpha value is -1.92. The smallest absolute Gasteiger partial charge is 0.349 e. The third-order valence-corrected chi connectivity index (χ3v) is 4.91. The second-order valence-electron chi connectivity index (χ2n) is 4.36. The molecule has 0 saturated carbocycles. The van der Waals surface area contributed by atoms with E-state index in [0.717, 1.165) is 14.7 Å². The fourth-order valence-electron chi connectivity index (χ4n) is 1.93. The van der Waals surface area contributed by atoms with Gasteiger partial charge in [0, 0.05) is 14.7 Å². The van der Waals surface area contributed by atoms with E-state index in [-0.39, 0.29) is 5.56 Å². The Morgan fingerprint density at radius 2 is 2.10 bits per heavy atom. The Morgan fingerprint density at radius 3 is 2.86 bits per heavy atom. The van der Waals surface area contributed by atoms with Gasteiger partial charge in [-0.15, -0.1) is 11.3 Å². The quantitative estimate of drug-likeness (QED) is 0.723. The predicted molar refractivity (Wildman–Crippen MR) is 85.7 cm³/mol. The van der Waals surface area contributed by atoms with E-state index in [4.69, 9.17) is 4.42 Å². The van der Waals surface area contributed by atoms with Crippen LogP contribution in [0.5, 0.6) is 0 Å². The average molecular weight is 364 g/mol. The minimum atomic E-state index is -0.628. The molecule has 6 heteroatoms. The van der Waals surface area contributed by atoms with Crippen LogP contribution in [0.2, 0.25) is 0 Å². The number of rotatable bonds is 3. The van der Waals surface area contributed by atoms with Gasteiger partial charge in [0.05, 0.1) is 6.54 Å². The highest BCUT2D eigenvalue weighted by Gasteiger charge is 2.14. The molecular weight excluding hydrogens is 354 g/mol. The van der Waals surface area contributed by atoms with Crippen LogP contribution in [0.3, 0.4) is 0 Å². The summed E-state index contributed by atoms with van der Waals surface area (Å²) in [6.45, 7) is 0.364. The van der Waals surface area contributed by atoms with Gasteiger partial charge in [0.2, 0.25) is 0 Å². The molecule has 0 aliphatic carbocycles. The number of hydrogen-bond donors (Lipinski definition) is 1. The lowest BCUT2D eigenvalue weighted by molar-refractivity contribution is 0.0947. The highest BCUT2D eigenvalue weighted by molar-refractivity contribution is 9.10. The van der Waals surface area contributed by atoms with Crippen molar-refractivity contribution in [2.75, 3.05) is 0 Å². The number of carbonyl (C=O) groups is 1. The number of fused-ring (bicyclic) bond motifs is 1. The lowest BCUT2D eigenvalue weighted by Crippen LogP contribution is -2.27. The van der Waals surface area contributed by atoms with E-state index in [2.05, 4.69) is 21.2 Å². The summed E-state index contributed by atoms with van der Waals surface area (Å²) in [6.07, 6.45) is 0. The summed E-state index contributed by atoms with van der Waals surface area (Å²) in [5.41, 5.74) is -0.141. The number of nitrogens with one attached hydrogen (secondary N) is 1. The van der Waals surface area contributed by atoms with E-state index < -0.39 is 11.5 Å². The van der Waals surface area contributed by atoms with Crippen LogP contribution in [0.15, 0.2) is 55.5 Å². The van der Waals surface area contributed by atoms with E-state index in [9.17, 15) is 9.59 Å². The Kier molecular flexibility index (Phi) is 3.90. The molecule has 0 saturated heterocycles. The maximum Gasteiger partial charge on any atom is 0.349 e. The van der Waals surface area contributed by atoms with Crippen LogP contribution < -0.4 is 10.9 Å². The van der Waals surface area contributed by atoms with Crippen LogP contribution in [0.4, 0.5) is 0 Å². The molecule has 3 aromatic rings. The third-order valence-electron chi connectivity index (χ3n) is 2.99. The standard InChI is InChI=1S/C15H10BrNO3S/c16-11-5-6-21-13(11)8-17-14(18)10-7-9-3-1-2-4-12(9)20-15(10)19/h1-7H,8H2,(H,17,18). The molecule has 3 rings (SSSR count). The Bertz CT molecular complexity index is 868. The SMILES string of the molecule is O=C(NCc1sccc1Br)c1cc2ccccc2oc1=O. The van der Waals surface area contributed by atoms with Gasteiger partial charge in [-0.1, -0.05) is 18.2 Å². The van der Waals surface area contributed by atoms with Gasteiger partial charge < -0.3 is 9.73 Å². The van der Waals surface area contributed by atoms with Gasteiger partial charge in [-0.3, -0.25) is 4.79 Å². The molecule has 0 atom stereocenters. The molecule has 1 aromatic carbocycles. The molecular formula is C15H10BrNO3S. The molecule has 0 radical (unpaired) electrons. The maximum atomic E-state index is 12.1. The monoisotopic (exact) mass is 363 g/mol. The Balaban J connectivity index is 1.86.